The van der Waals surface area contributed by atoms with E-state index in [4.69, 9.17) is 44.2 Å². The molecule has 3 aromatic rings. The van der Waals surface area contributed by atoms with Gasteiger partial charge in [0.2, 0.25) is 0 Å². The van der Waals surface area contributed by atoms with Crippen LogP contribution >= 0.6 is 34.8 Å². The summed E-state index contributed by atoms with van der Waals surface area (Å²) >= 11 is 19.0. The van der Waals surface area contributed by atoms with Crippen LogP contribution in [0.3, 0.4) is 0 Å². The minimum Gasteiger partial charge on any atom is -0.408 e. The molecule has 1 saturated carbocycles. The number of aromatic amines is 2. The third-order valence-electron chi connectivity index (χ3n) is 5.65. The molecule has 1 aromatic heterocycles. The Hall–Kier alpha value is -3.07. The van der Waals surface area contributed by atoms with E-state index in [2.05, 4.69) is 15.1 Å². The lowest BCUT2D eigenvalue weighted by Gasteiger charge is -2.11. The summed E-state index contributed by atoms with van der Waals surface area (Å²) in [4.78, 5) is 36.1. The van der Waals surface area contributed by atoms with Crippen molar-refractivity contribution >= 4 is 45.9 Å². The monoisotopic (exact) mass is 501 g/mol. The minimum atomic E-state index is -0.528. The minimum absolute atomic E-state index is 0.237. The highest BCUT2D eigenvalue weighted by atomic mass is 35.5. The highest BCUT2D eigenvalue weighted by Crippen LogP contribution is 2.44. The number of halogens is 3. The van der Waals surface area contributed by atoms with Crippen LogP contribution in [0.5, 0.6) is 0 Å². The van der Waals surface area contributed by atoms with E-state index in [1.54, 1.807) is 35.0 Å². The van der Waals surface area contributed by atoms with E-state index >= 15 is 0 Å². The maximum atomic E-state index is 13.1. The van der Waals surface area contributed by atoms with E-state index in [9.17, 15) is 9.59 Å². The third-order valence-corrected chi connectivity index (χ3v) is 6.45. The molecule has 2 aromatic carbocycles. The molecule has 0 saturated heterocycles. The quantitative estimate of drug-likeness (QED) is 0.362. The number of fused-ring (bicyclic) bond motifs is 2. The first kappa shape index (κ1) is 20.5. The molecule has 8 nitrogen and oxygen atoms in total. The summed E-state index contributed by atoms with van der Waals surface area (Å²) in [5.74, 6) is 0.435. The first-order valence-corrected chi connectivity index (χ1v) is 11.3. The molecule has 1 fully saturated rings. The highest BCUT2D eigenvalue weighted by molar-refractivity contribution is 6.40. The Balaban J connectivity index is 1.52. The van der Waals surface area contributed by atoms with E-state index in [0.717, 1.165) is 24.1 Å². The first-order chi connectivity index (χ1) is 15.9. The van der Waals surface area contributed by atoms with Gasteiger partial charge in [0, 0.05) is 17.4 Å². The molecule has 6 rings (SSSR count). The van der Waals surface area contributed by atoms with E-state index in [1.165, 1.54) is 0 Å². The molecule has 1 aliphatic carbocycles. The van der Waals surface area contributed by atoms with Gasteiger partial charge in [-0.15, -0.1) is 0 Å². The summed E-state index contributed by atoms with van der Waals surface area (Å²) in [5, 5.41) is 4.33. The summed E-state index contributed by atoms with van der Waals surface area (Å²) in [6.07, 6.45) is 2.23. The Bertz CT molecular complexity index is 1620. The van der Waals surface area contributed by atoms with Crippen LogP contribution in [-0.4, -0.2) is 24.7 Å². The number of nitrogens with one attached hydrogen (secondary N) is 2. The number of nitrogens with zero attached hydrogens (tertiary/aromatic N) is 3. The number of hydrogen-bond acceptors (Lipinski definition) is 5. The van der Waals surface area contributed by atoms with Gasteiger partial charge >= 0.3 is 5.76 Å². The fourth-order valence-corrected chi connectivity index (χ4v) is 5.03. The maximum Gasteiger partial charge on any atom is 0.417 e. The van der Waals surface area contributed by atoms with Gasteiger partial charge in [0.15, 0.2) is 11.4 Å². The van der Waals surface area contributed by atoms with E-state index in [-0.39, 0.29) is 17.9 Å². The third kappa shape index (κ3) is 3.55. The molecule has 0 spiro atoms. The topological polar surface area (TPSA) is 110 Å². The lowest BCUT2D eigenvalue weighted by Crippen LogP contribution is -2.17. The number of rotatable bonds is 4. The lowest BCUT2D eigenvalue weighted by molar-refractivity contribution is 0.555. The second-order valence-corrected chi connectivity index (χ2v) is 9.27. The largest absolute Gasteiger partial charge is 0.417 e. The Kier molecular flexibility index (Phi) is 4.65. The van der Waals surface area contributed by atoms with Crippen molar-refractivity contribution < 1.29 is 4.42 Å². The molecule has 0 atom stereocenters. The Morgan fingerprint density at radius 3 is 2.55 bits per heavy atom. The number of benzene rings is 2. The van der Waals surface area contributed by atoms with Gasteiger partial charge in [-0.3, -0.25) is 14.9 Å². The van der Waals surface area contributed by atoms with Crippen molar-refractivity contribution in [2.45, 2.75) is 25.2 Å². The zero-order valence-electron chi connectivity index (χ0n) is 16.8. The number of aromatic nitrogens is 5. The summed E-state index contributed by atoms with van der Waals surface area (Å²) in [5.41, 5.74) is 3.12. The number of oxazole rings is 1. The molecule has 2 aliphatic heterocycles. The number of H-pyrrole nitrogens is 2. The van der Waals surface area contributed by atoms with Crippen LogP contribution < -0.4 is 11.3 Å². The molecule has 166 valence electrons. The normalized spacial score (nSPS) is 13.9. The Labute approximate surface area is 200 Å². The standard InChI is InChI=1S/C22H14Cl3N5O3/c23-11-7-12(24)19(13(25)8-11)30-20-17(18(29-30)10-2-3-10)21(31)28-16(27-20)6-9-1-4-15-14(5-9)26-22(32)33-15/h1,4-5,7-8,10,29H,2-3,6H2,(H,26,32). The van der Waals surface area contributed by atoms with Gasteiger partial charge in [-0.05, 0) is 42.7 Å². The summed E-state index contributed by atoms with van der Waals surface area (Å²) in [6, 6.07) is 8.43. The Morgan fingerprint density at radius 2 is 1.82 bits per heavy atom. The van der Waals surface area contributed by atoms with Gasteiger partial charge < -0.3 is 4.42 Å². The second kappa shape index (κ2) is 7.48. The molecule has 33 heavy (non-hydrogen) atoms. The van der Waals surface area contributed by atoms with Crippen molar-refractivity contribution in [2.75, 3.05) is 0 Å². The molecule has 3 aliphatic rings. The molecule has 0 unspecified atom stereocenters. The molecule has 0 radical (unpaired) electrons. The second-order valence-electron chi connectivity index (χ2n) is 8.02. The van der Waals surface area contributed by atoms with E-state index < -0.39 is 5.76 Å². The van der Waals surface area contributed by atoms with Crippen LogP contribution in [0.4, 0.5) is 0 Å². The smallest absolute Gasteiger partial charge is 0.408 e. The van der Waals surface area contributed by atoms with Crippen LogP contribution in [0.2, 0.25) is 15.1 Å². The average molecular weight is 503 g/mol. The van der Waals surface area contributed by atoms with Gasteiger partial charge in [0.1, 0.15) is 17.1 Å². The van der Waals surface area contributed by atoms with Gasteiger partial charge in [0.05, 0.1) is 21.3 Å². The average Bonchev–Trinajstić information content (AvgIpc) is 3.42. The van der Waals surface area contributed by atoms with Gasteiger partial charge in [-0.25, -0.2) is 14.5 Å². The van der Waals surface area contributed by atoms with Gasteiger partial charge in [0.25, 0.3) is 5.56 Å². The van der Waals surface area contributed by atoms with Crippen molar-refractivity contribution in [3.63, 3.8) is 0 Å². The SMILES string of the molecule is O=c1[nH]c2cc(Cc3nc4n(-c5c(Cl)cc(Cl)cc5Cl)[nH]c(C5CC5)c-4c(=O)n3)ccc2o1. The molecule has 11 heteroatoms. The van der Waals surface area contributed by atoms with Crippen molar-refractivity contribution in [1.82, 2.24) is 24.7 Å². The molecule has 0 amide bonds. The van der Waals surface area contributed by atoms with Crippen LogP contribution in [-0.2, 0) is 6.42 Å². The molecule has 2 N–H and O–H groups in total. The Morgan fingerprint density at radius 1 is 1.06 bits per heavy atom. The molecule has 3 heterocycles. The maximum absolute atomic E-state index is 13.1. The van der Waals surface area contributed by atoms with Gasteiger partial charge in [-0.2, -0.15) is 4.98 Å². The molecular weight excluding hydrogens is 489 g/mol. The predicted octanol–water partition coefficient (Wildman–Crippen LogP) is 4.92. The van der Waals surface area contributed by atoms with Crippen molar-refractivity contribution in [1.29, 1.82) is 0 Å². The van der Waals surface area contributed by atoms with Crippen LogP contribution in [0, 0.1) is 0 Å². The van der Waals surface area contributed by atoms with Gasteiger partial charge in [-0.1, -0.05) is 40.9 Å². The highest BCUT2D eigenvalue weighted by Gasteiger charge is 2.34. The zero-order valence-corrected chi connectivity index (χ0v) is 19.1. The van der Waals surface area contributed by atoms with Crippen LogP contribution in [0.1, 0.15) is 35.8 Å². The fraction of sp³-hybridized carbons (Fsp3) is 0.182. The molecular formula is C22H14Cl3N5O3. The van der Waals surface area contributed by atoms with E-state index in [1.807, 2.05) is 0 Å². The number of hydrogen-bond donors (Lipinski definition) is 2. The predicted molar refractivity (Wildman–Crippen MR) is 125 cm³/mol. The zero-order chi connectivity index (χ0) is 22.9. The fourth-order valence-electron chi connectivity index (χ4n) is 4.05. The summed E-state index contributed by atoms with van der Waals surface area (Å²) < 4.78 is 6.67. The summed E-state index contributed by atoms with van der Waals surface area (Å²) in [6.45, 7) is 0. The van der Waals surface area contributed by atoms with Crippen molar-refractivity contribution in [2.24, 2.45) is 0 Å². The van der Waals surface area contributed by atoms with Crippen LogP contribution in [0.25, 0.3) is 28.2 Å². The summed E-state index contributed by atoms with van der Waals surface area (Å²) in [7, 11) is 0. The van der Waals surface area contributed by atoms with E-state index in [0.29, 0.717) is 49.1 Å². The van der Waals surface area contributed by atoms with Crippen LogP contribution in [0.15, 0.2) is 44.3 Å². The van der Waals surface area contributed by atoms with Crippen molar-refractivity contribution in [3.8, 4) is 17.1 Å². The first-order valence-electron chi connectivity index (χ1n) is 10.2. The molecule has 0 bridgehead atoms. The van der Waals surface area contributed by atoms with Crippen molar-refractivity contribution in [3.05, 3.63) is 83.4 Å². The lowest BCUT2D eigenvalue weighted by atomic mass is 10.1.